The summed E-state index contributed by atoms with van der Waals surface area (Å²) < 4.78 is 12.8. The number of hydrogen-bond acceptors (Lipinski definition) is 4. The molecular weight excluding hydrogens is 359 g/mol. The van der Waals surface area contributed by atoms with Gasteiger partial charge in [0.05, 0.1) is 23.7 Å². The third-order valence-corrected chi connectivity index (χ3v) is 3.64. The van der Waals surface area contributed by atoms with Gasteiger partial charge in [-0.1, -0.05) is 11.6 Å². The summed E-state index contributed by atoms with van der Waals surface area (Å²) in [4.78, 5) is 25.5. The van der Waals surface area contributed by atoms with Crippen molar-refractivity contribution in [2.75, 3.05) is 30.8 Å². The molecule has 0 aromatic heterocycles. The van der Waals surface area contributed by atoms with Crippen LogP contribution < -0.4 is 10.6 Å². The Morgan fingerprint density at radius 2 is 1.62 bits per heavy atom. The molecule has 0 aliphatic heterocycles. The highest BCUT2D eigenvalue weighted by Crippen LogP contribution is 2.20. The van der Waals surface area contributed by atoms with Crippen LogP contribution in [0.15, 0.2) is 42.5 Å². The van der Waals surface area contributed by atoms with Crippen LogP contribution >= 0.6 is 11.6 Å². The second kappa shape index (κ2) is 8.94. The van der Waals surface area contributed by atoms with E-state index in [9.17, 15) is 14.0 Å². The van der Waals surface area contributed by atoms with Gasteiger partial charge in [-0.25, -0.2) is 4.39 Å². The van der Waals surface area contributed by atoms with Crippen molar-refractivity contribution in [3.63, 3.8) is 0 Å². The summed E-state index contributed by atoms with van der Waals surface area (Å²) >= 11 is 5.91. The minimum Gasteiger partial charge on any atom is -0.325 e. The number of carbonyl (C=O) groups is 2. The second-order valence-corrected chi connectivity index (χ2v) is 5.99. The summed E-state index contributed by atoms with van der Waals surface area (Å²) in [6, 6.07) is 11.9. The van der Waals surface area contributed by atoms with E-state index in [-0.39, 0.29) is 35.7 Å². The number of likely N-dealkylation sites (N-methyl/N-ethyl adjacent to an activating group) is 1. The van der Waals surface area contributed by atoms with Crippen molar-refractivity contribution in [3.8, 4) is 6.07 Å². The number of carbonyl (C=O) groups excluding carboxylic acids is 2. The maximum atomic E-state index is 12.8. The zero-order chi connectivity index (χ0) is 19.1. The number of nitrogens with one attached hydrogen (secondary N) is 2. The van der Waals surface area contributed by atoms with Gasteiger partial charge in [0.1, 0.15) is 11.9 Å². The molecule has 0 aliphatic rings. The lowest BCUT2D eigenvalue weighted by Crippen LogP contribution is -2.36. The largest absolute Gasteiger partial charge is 0.325 e. The average molecular weight is 375 g/mol. The zero-order valence-corrected chi connectivity index (χ0v) is 14.7. The molecule has 2 aromatic carbocycles. The van der Waals surface area contributed by atoms with Gasteiger partial charge in [-0.2, -0.15) is 5.26 Å². The predicted molar refractivity (Wildman–Crippen MR) is 97.3 cm³/mol. The third-order valence-electron chi connectivity index (χ3n) is 3.33. The van der Waals surface area contributed by atoms with Crippen molar-refractivity contribution in [1.29, 1.82) is 5.26 Å². The van der Waals surface area contributed by atoms with Crippen molar-refractivity contribution in [2.45, 2.75) is 0 Å². The molecular formula is C18H16ClFN4O2. The summed E-state index contributed by atoms with van der Waals surface area (Å²) in [5.41, 5.74) is 1.25. The molecule has 2 rings (SSSR count). The summed E-state index contributed by atoms with van der Waals surface area (Å²) in [5, 5.41) is 14.3. The highest BCUT2D eigenvalue weighted by atomic mass is 35.5. The van der Waals surface area contributed by atoms with Gasteiger partial charge in [-0.3, -0.25) is 14.5 Å². The molecule has 0 atom stereocenters. The van der Waals surface area contributed by atoms with Crippen molar-refractivity contribution >= 4 is 34.8 Å². The lowest BCUT2D eigenvalue weighted by atomic mass is 10.2. The minimum atomic E-state index is -0.389. The predicted octanol–water partition coefficient (Wildman–Crippen LogP) is 2.86. The summed E-state index contributed by atoms with van der Waals surface area (Å²) in [7, 11) is 1.62. The Labute approximate surface area is 155 Å². The molecule has 0 saturated carbocycles. The lowest BCUT2D eigenvalue weighted by Gasteiger charge is -2.16. The maximum absolute atomic E-state index is 12.8. The number of rotatable bonds is 6. The number of nitriles is 1. The van der Waals surface area contributed by atoms with E-state index in [2.05, 4.69) is 10.6 Å². The van der Waals surface area contributed by atoms with E-state index < -0.39 is 0 Å². The fraction of sp³-hybridized carbons (Fsp3) is 0.167. The first kappa shape index (κ1) is 19.4. The zero-order valence-electron chi connectivity index (χ0n) is 13.9. The molecule has 2 aromatic rings. The number of amides is 2. The molecule has 8 heteroatoms. The maximum Gasteiger partial charge on any atom is 0.238 e. The molecule has 134 valence electrons. The smallest absolute Gasteiger partial charge is 0.238 e. The molecule has 0 spiro atoms. The Bertz CT molecular complexity index is 849. The number of halogens is 2. The molecule has 0 unspecified atom stereocenters. The second-order valence-electron chi connectivity index (χ2n) is 5.58. The molecule has 0 saturated heterocycles. The van der Waals surface area contributed by atoms with Gasteiger partial charge in [0, 0.05) is 11.4 Å². The SMILES string of the molecule is CN(CC(=O)Nc1ccc(F)cc1)CC(=O)Nc1ccc(C#N)c(Cl)c1. The van der Waals surface area contributed by atoms with Gasteiger partial charge >= 0.3 is 0 Å². The highest BCUT2D eigenvalue weighted by molar-refractivity contribution is 6.32. The Morgan fingerprint density at radius 1 is 1.08 bits per heavy atom. The van der Waals surface area contributed by atoms with Crippen LogP contribution in [-0.4, -0.2) is 36.9 Å². The Kier molecular flexibility index (Phi) is 6.67. The highest BCUT2D eigenvalue weighted by Gasteiger charge is 2.12. The first-order chi connectivity index (χ1) is 12.4. The number of anilines is 2. The summed E-state index contributed by atoms with van der Waals surface area (Å²) in [6.45, 7) is -0.0343. The minimum absolute atomic E-state index is 0.0150. The van der Waals surface area contributed by atoms with Gasteiger partial charge in [0.25, 0.3) is 0 Å². The van der Waals surface area contributed by atoms with E-state index in [1.165, 1.54) is 41.3 Å². The summed E-state index contributed by atoms with van der Waals surface area (Å²) in [5.74, 6) is -1.05. The van der Waals surface area contributed by atoms with Crippen LogP contribution in [-0.2, 0) is 9.59 Å². The van der Waals surface area contributed by atoms with Crippen LogP contribution in [0.1, 0.15) is 5.56 Å². The van der Waals surface area contributed by atoms with Crippen LogP contribution in [0.2, 0.25) is 5.02 Å². The number of nitrogens with zero attached hydrogens (tertiary/aromatic N) is 2. The molecule has 0 bridgehead atoms. The standard InChI is InChI=1S/C18H16ClFN4O2/c1-24(10-17(25)22-14-6-3-13(20)4-7-14)11-18(26)23-15-5-2-12(9-21)16(19)8-15/h2-8H,10-11H2,1H3,(H,22,25)(H,23,26). The average Bonchev–Trinajstić information content (AvgIpc) is 2.56. The fourth-order valence-corrected chi connectivity index (χ4v) is 2.39. The summed E-state index contributed by atoms with van der Waals surface area (Å²) in [6.07, 6.45) is 0. The Hall–Kier alpha value is -2.95. The molecule has 6 nitrogen and oxygen atoms in total. The quantitative estimate of drug-likeness (QED) is 0.814. The molecule has 26 heavy (non-hydrogen) atoms. The van der Waals surface area contributed by atoms with Crippen LogP contribution in [0.25, 0.3) is 0 Å². The van der Waals surface area contributed by atoms with Crippen LogP contribution in [0, 0.1) is 17.1 Å². The van der Waals surface area contributed by atoms with Gasteiger partial charge in [0.2, 0.25) is 11.8 Å². The normalized spacial score (nSPS) is 10.3. The fourth-order valence-electron chi connectivity index (χ4n) is 2.16. The van der Waals surface area contributed by atoms with Gasteiger partial charge in [-0.05, 0) is 49.5 Å². The molecule has 0 heterocycles. The Balaban J connectivity index is 1.82. The Morgan fingerprint density at radius 3 is 2.15 bits per heavy atom. The van der Waals surface area contributed by atoms with Gasteiger partial charge < -0.3 is 10.6 Å². The van der Waals surface area contributed by atoms with Crippen LogP contribution in [0.5, 0.6) is 0 Å². The van der Waals surface area contributed by atoms with Crippen molar-refractivity contribution < 1.29 is 14.0 Å². The van der Waals surface area contributed by atoms with E-state index in [4.69, 9.17) is 16.9 Å². The van der Waals surface area contributed by atoms with Crippen LogP contribution in [0.4, 0.5) is 15.8 Å². The number of hydrogen-bond donors (Lipinski definition) is 2. The molecule has 2 amide bonds. The first-order valence-corrected chi connectivity index (χ1v) is 7.98. The van der Waals surface area contributed by atoms with Gasteiger partial charge in [0.15, 0.2) is 0 Å². The lowest BCUT2D eigenvalue weighted by molar-refractivity contribution is -0.119. The van der Waals surface area contributed by atoms with Crippen molar-refractivity contribution in [1.82, 2.24) is 4.90 Å². The first-order valence-electron chi connectivity index (χ1n) is 7.61. The van der Waals surface area contributed by atoms with E-state index in [1.54, 1.807) is 13.1 Å². The van der Waals surface area contributed by atoms with E-state index in [1.807, 2.05) is 6.07 Å². The molecule has 2 N–H and O–H groups in total. The van der Waals surface area contributed by atoms with E-state index in [0.717, 1.165) is 0 Å². The monoisotopic (exact) mass is 374 g/mol. The topological polar surface area (TPSA) is 85.2 Å². The van der Waals surface area contributed by atoms with Crippen molar-refractivity contribution in [3.05, 3.63) is 58.9 Å². The molecule has 0 radical (unpaired) electrons. The molecule has 0 aliphatic carbocycles. The molecule has 0 fully saturated rings. The van der Waals surface area contributed by atoms with Gasteiger partial charge in [-0.15, -0.1) is 0 Å². The van der Waals surface area contributed by atoms with E-state index in [0.29, 0.717) is 16.9 Å². The van der Waals surface area contributed by atoms with E-state index >= 15 is 0 Å². The van der Waals surface area contributed by atoms with Crippen molar-refractivity contribution in [2.24, 2.45) is 0 Å². The van der Waals surface area contributed by atoms with Crippen LogP contribution in [0.3, 0.4) is 0 Å². The third kappa shape index (κ3) is 5.84. The number of benzene rings is 2.